The lowest BCUT2D eigenvalue weighted by molar-refractivity contribution is 0.0686. The average molecular weight is 290 g/mol. The molecule has 1 atom stereocenters. The molecule has 1 heterocycles. The first-order valence-corrected chi connectivity index (χ1v) is 7.18. The Morgan fingerprint density at radius 2 is 2.11 bits per heavy atom. The second-order valence-corrected chi connectivity index (χ2v) is 6.34. The molecule has 0 aliphatic carbocycles. The van der Waals surface area contributed by atoms with Crippen LogP contribution in [0.1, 0.15) is 30.8 Å². The lowest BCUT2D eigenvalue weighted by Crippen LogP contribution is -2.48. The number of carboxylic acids is 1. The lowest BCUT2D eigenvalue weighted by Gasteiger charge is -2.26. The molecule has 0 aliphatic heterocycles. The van der Waals surface area contributed by atoms with Crippen LogP contribution in [-0.2, 0) is 17.1 Å². The number of carbonyl (C=O) groups is 1. The van der Waals surface area contributed by atoms with Crippen LogP contribution in [0.2, 0.25) is 0 Å². The second kappa shape index (κ2) is 5.32. The number of aromatic carboxylic acids is 1. The standard InChI is InChI=1S/C11H18N2O5S/c1-4-11(2,7-14)12-19(17,18)8-5-9(10(15)16)13(3)6-8/h5-6,12,14H,4,7H2,1-3H3,(H,15,16). The Hall–Kier alpha value is -1.38. The number of sulfonamides is 1. The molecule has 7 nitrogen and oxygen atoms in total. The fourth-order valence-corrected chi connectivity index (χ4v) is 3.03. The summed E-state index contributed by atoms with van der Waals surface area (Å²) in [7, 11) is -2.42. The van der Waals surface area contributed by atoms with Crippen molar-refractivity contribution in [1.29, 1.82) is 0 Å². The Bertz CT molecular complexity index is 572. The highest BCUT2D eigenvalue weighted by atomic mass is 32.2. The Kier molecular flexibility index (Phi) is 4.39. The molecule has 1 rings (SSSR count). The summed E-state index contributed by atoms with van der Waals surface area (Å²) in [6.07, 6.45) is 1.63. The summed E-state index contributed by atoms with van der Waals surface area (Å²) in [6, 6.07) is 1.08. The third kappa shape index (κ3) is 3.34. The number of hydrogen-bond acceptors (Lipinski definition) is 4. The van der Waals surface area contributed by atoms with Crippen LogP contribution in [0, 0.1) is 0 Å². The van der Waals surface area contributed by atoms with Gasteiger partial charge in [0, 0.05) is 13.2 Å². The Balaban J connectivity index is 3.15. The van der Waals surface area contributed by atoms with Crippen LogP contribution in [-0.4, -0.2) is 41.3 Å². The lowest BCUT2D eigenvalue weighted by atomic mass is 10.0. The van der Waals surface area contributed by atoms with Crippen molar-refractivity contribution >= 4 is 16.0 Å². The van der Waals surface area contributed by atoms with Crippen LogP contribution in [0.3, 0.4) is 0 Å². The Morgan fingerprint density at radius 3 is 2.47 bits per heavy atom. The molecule has 0 fully saturated rings. The minimum Gasteiger partial charge on any atom is -0.477 e. The zero-order chi connectivity index (χ0) is 14.8. The molecule has 3 N–H and O–H groups in total. The van der Waals surface area contributed by atoms with E-state index in [4.69, 9.17) is 5.11 Å². The van der Waals surface area contributed by atoms with E-state index in [9.17, 15) is 18.3 Å². The average Bonchev–Trinajstić information content (AvgIpc) is 2.71. The van der Waals surface area contributed by atoms with Gasteiger partial charge in [0.05, 0.1) is 12.1 Å². The molecule has 1 unspecified atom stereocenters. The molecule has 0 radical (unpaired) electrons. The third-order valence-corrected chi connectivity index (χ3v) is 4.62. The molecule has 8 heteroatoms. The fraction of sp³-hybridized carbons (Fsp3) is 0.545. The van der Waals surface area contributed by atoms with E-state index in [0.717, 1.165) is 6.07 Å². The maximum atomic E-state index is 12.1. The summed E-state index contributed by atoms with van der Waals surface area (Å²) in [5, 5.41) is 18.1. The van der Waals surface area contributed by atoms with Gasteiger partial charge in [-0.1, -0.05) is 6.92 Å². The smallest absolute Gasteiger partial charge is 0.352 e. The van der Waals surface area contributed by atoms with Crippen LogP contribution in [0.4, 0.5) is 0 Å². The van der Waals surface area contributed by atoms with Crippen LogP contribution in [0.5, 0.6) is 0 Å². The quantitative estimate of drug-likeness (QED) is 0.691. The van der Waals surface area contributed by atoms with Gasteiger partial charge in [-0.3, -0.25) is 0 Å². The number of aryl methyl sites for hydroxylation is 1. The van der Waals surface area contributed by atoms with Gasteiger partial charge in [0.1, 0.15) is 10.6 Å². The van der Waals surface area contributed by atoms with Crippen LogP contribution < -0.4 is 4.72 Å². The van der Waals surface area contributed by atoms with Crippen molar-refractivity contribution in [2.45, 2.75) is 30.7 Å². The first-order chi connectivity index (χ1) is 8.65. The molecule has 19 heavy (non-hydrogen) atoms. The molecule has 0 saturated heterocycles. The van der Waals surface area contributed by atoms with Crippen molar-refractivity contribution in [2.24, 2.45) is 7.05 Å². The van der Waals surface area contributed by atoms with Gasteiger partial charge in [0.15, 0.2) is 0 Å². The van der Waals surface area contributed by atoms with Crippen LogP contribution in [0.15, 0.2) is 17.2 Å². The molecule has 1 aromatic heterocycles. The van der Waals surface area contributed by atoms with E-state index < -0.39 is 21.5 Å². The normalized spacial score (nSPS) is 15.2. The van der Waals surface area contributed by atoms with Crippen molar-refractivity contribution in [3.63, 3.8) is 0 Å². The molecule has 0 saturated carbocycles. The van der Waals surface area contributed by atoms with Crippen molar-refractivity contribution in [2.75, 3.05) is 6.61 Å². The summed E-state index contributed by atoms with van der Waals surface area (Å²) >= 11 is 0. The maximum Gasteiger partial charge on any atom is 0.352 e. The molecule has 108 valence electrons. The van der Waals surface area contributed by atoms with Gasteiger partial charge in [-0.2, -0.15) is 0 Å². The second-order valence-electron chi connectivity index (χ2n) is 4.65. The maximum absolute atomic E-state index is 12.1. The first kappa shape index (κ1) is 15.7. The molecule has 0 bridgehead atoms. The number of carboxylic acid groups (broad SMARTS) is 1. The van der Waals surface area contributed by atoms with E-state index in [0.29, 0.717) is 6.42 Å². The van der Waals surface area contributed by atoms with E-state index in [1.54, 1.807) is 13.8 Å². The van der Waals surface area contributed by atoms with Crippen molar-refractivity contribution < 1.29 is 23.4 Å². The van der Waals surface area contributed by atoms with Gasteiger partial charge in [-0.05, 0) is 19.4 Å². The minimum atomic E-state index is -3.87. The van der Waals surface area contributed by atoms with E-state index >= 15 is 0 Å². The predicted molar refractivity (Wildman–Crippen MR) is 68.5 cm³/mol. The SMILES string of the molecule is CCC(C)(CO)NS(=O)(=O)c1cc(C(=O)O)n(C)c1. The third-order valence-electron chi connectivity index (χ3n) is 3.02. The van der Waals surface area contributed by atoms with Crippen molar-refractivity contribution in [3.05, 3.63) is 18.0 Å². The summed E-state index contributed by atoms with van der Waals surface area (Å²) in [6.45, 7) is 2.97. The van der Waals surface area contributed by atoms with E-state index in [-0.39, 0.29) is 17.2 Å². The van der Waals surface area contributed by atoms with E-state index in [2.05, 4.69) is 4.72 Å². The number of aliphatic hydroxyl groups excluding tert-OH is 1. The molecule has 1 aromatic rings. The first-order valence-electron chi connectivity index (χ1n) is 5.69. The molecular formula is C11H18N2O5S. The summed E-state index contributed by atoms with van der Waals surface area (Å²) < 4.78 is 27.9. The van der Waals surface area contributed by atoms with E-state index in [1.165, 1.54) is 17.8 Å². The molecule has 0 spiro atoms. The molecule has 0 amide bonds. The van der Waals surface area contributed by atoms with Crippen molar-refractivity contribution in [3.8, 4) is 0 Å². The predicted octanol–water partition coefficient (Wildman–Crippen LogP) is 0.163. The van der Waals surface area contributed by atoms with Crippen LogP contribution >= 0.6 is 0 Å². The van der Waals surface area contributed by atoms with Gasteiger partial charge in [-0.25, -0.2) is 17.9 Å². The number of hydrogen-bond donors (Lipinski definition) is 3. The minimum absolute atomic E-state index is 0.123. The summed E-state index contributed by atoms with van der Waals surface area (Å²) in [5.41, 5.74) is -1.10. The Morgan fingerprint density at radius 1 is 1.53 bits per heavy atom. The largest absolute Gasteiger partial charge is 0.477 e. The Labute approximate surface area is 111 Å². The van der Waals surface area contributed by atoms with Crippen LogP contribution in [0.25, 0.3) is 0 Å². The number of aliphatic hydroxyl groups is 1. The summed E-state index contributed by atoms with van der Waals surface area (Å²) in [5.74, 6) is -1.20. The van der Waals surface area contributed by atoms with Gasteiger partial charge in [0.25, 0.3) is 0 Å². The van der Waals surface area contributed by atoms with E-state index in [1.807, 2.05) is 0 Å². The van der Waals surface area contributed by atoms with Gasteiger partial charge < -0.3 is 14.8 Å². The highest BCUT2D eigenvalue weighted by molar-refractivity contribution is 7.89. The highest BCUT2D eigenvalue weighted by Gasteiger charge is 2.29. The number of rotatable bonds is 6. The van der Waals surface area contributed by atoms with Gasteiger partial charge in [0.2, 0.25) is 10.0 Å². The van der Waals surface area contributed by atoms with Gasteiger partial charge in [-0.15, -0.1) is 0 Å². The zero-order valence-electron chi connectivity index (χ0n) is 11.0. The number of aromatic nitrogens is 1. The monoisotopic (exact) mass is 290 g/mol. The molecule has 0 aliphatic rings. The number of nitrogens with zero attached hydrogens (tertiary/aromatic N) is 1. The highest BCUT2D eigenvalue weighted by Crippen LogP contribution is 2.18. The van der Waals surface area contributed by atoms with Gasteiger partial charge >= 0.3 is 5.97 Å². The van der Waals surface area contributed by atoms with Crippen molar-refractivity contribution in [1.82, 2.24) is 9.29 Å². The zero-order valence-corrected chi connectivity index (χ0v) is 11.9. The topological polar surface area (TPSA) is 109 Å². The molecule has 0 aromatic carbocycles. The fourth-order valence-electron chi connectivity index (χ4n) is 1.49. The summed E-state index contributed by atoms with van der Waals surface area (Å²) in [4.78, 5) is 10.7. The molecular weight excluding hydrogens is 272 g/mol. The number of nitrogens with one attached hydrogen (secondary N) is 1.